The first-order valence-corrected chi connectivity index (χ1v) is 5.18. The Morgan fingerprint density at radius 2 is 2.00 bits per heavy atom. The third kappa shape index (κ3) is 4.30. The van der Waals surface area contributed by atoms with Gasteiger partial charge in [-0.15, -0.1) is 0 Å². The number of carbonyl (C=O) groups is 1. The van der Waals surface area contributed by atoms with Crippen LogP contribution in [-0.2, 0) is 0 Å². The Bertz CT molecular complexity index is 199. The zero-order valence-corrected chi connectivity index (χ0v) is 9.68. The van der Waals surface area contributed by atoms with Crippen molar-refractivity contribution >= 4 is 6.03 Å². The van der Waals surface area contributed by atoms with E-state index in [1.165, 1.54) is 0 Å². The lowest BCUT2D eigenvalue weighted by atomic mass is 9.94. The average molecular weight is 198 g/mol. The maximum atomic E-state index is 11.2. The molecule has 0 saturated heterocycles. The molecular weight excluding hydrogens is 176 g/mol. The van der Waals surface area contributed by atoms with Gasteiger partial charge in [0.05, 0.1) is 6.04 Å². The zero-order chi connectivity index (χ0) is 11.1. The van der Waals surface area contributed by atoms with E-state index in [1.807, 2.05) is 0 Å². The average Bonchev–Trinajstić information content (AvgIpc) is 2.13. The highest BCUT2D eigenvalue weighted by Gasteiger charge is 2.17. The number of hydrogen-bond acceptors (Lipinski definition) is 1. The third-order valence-corrected chi connectivity index (χ3v) is 2.19. The lowest BCUT2D eigenvalue weighted by molar-refractivity contribution is 0.237. The lowest BCUT2D eigenvalue weighted by Crippen LogP contribution is -2.44. The van der Waals surface area contributed by atoms with Gasteiger partial charge in [0.15, 0.2) is 0 Å². The van der Waals surface area contributed by atoms with Gasteiger partial charge in [0.2, 0.25) is 0 Å². The van der Waals surface area contributed by atoms with Gasteiger partial charge < -0.3 is 10.6 Å². The smallest absolute Gasteiger partial charge is 0.315 e. The number of urea groups is 1. The Hall–Kier alpha value is -0.990. The Labute approximate surface area is 87.0 Å². The summed E-state index contributed by atoms with van der Waals surface area (Å²) in [6.45, 7) is 10.3. The molecule has 3 heteroatoms. The van der Waals surface area contributed by atoms with Crippen molar-refractivity contribution in [2.45, 2.75) is 39.7 Å². The molecule has 0 saturated carbocycles. The van der Waals surface area contributed by atoms with E-state index in [0.29, 0.717) is 5.92 Å². The van der Waals surface area contributed by atoms with Gasteiger partial charge in [0.1, 0.15) is 0 Å². The number of amides is 2. The molecule has 2 N–H and O–H groups in total. The van der Waals surface area contributed by atoms with Crippen LogP contribution in [0.2, 0.25) is 0 Å². The highest BCUT2D eigenvalue weighted by Crippen LogP contribution is 2.15. The predicted molar refractivity (Wildman–Crippen MR) is 60.3 cm³/mol. The van der Waals surface area contributed by atoms with E-state index < -0.39 is 0 Å². The van der Waals surface area contributed by atoms with Crippen molar-refractivity contribution in [3.63, 3.8) is 0 Å². The molecule has 0 bridgehead atoms. The minimum atomic E-state index is -0.138. The van der Waals surface area contributed by atoms with E-state index in [9.17, 15) is 4.79 Å². The fraction of sp³-hybridized carbons (Fsp3) is 0.727. The molecule has 3 nitrogen and oxygen atoms in total. The summed E-state index contributed by atoms with van der Waals surface area (Å²) in [7, 11) is 1.62. The first-order valence-electron chi connectivity index (χ1n) is 5.18. The monoisotopic (exact) mass is 198 g/mol. The van der Waals surface area contributed by atoms with Crippen molar-refractivity contribution in [2.24, 2.45) is 5.92 Å². The highest BCUT2D eigenvalue weighted by molar-refractivity contribution is 5.74. The Morgan fingerprint density at radius 3 is 2.36 bits per heavy atom. The van der Waals surface area contributed by atoms with E-state index >= 15 is 0 Å². The van der Waals surface area contributed by atoms with E-state index in [-0.39, 0.29) is 12.1 Å². The van der Waals surface area contributed by atoms with Crippen LogP contribution in [0.1, 0.15) is 33.6 Å². The van der Waals surface area contributed by atoms with Gasteiger partial charge in [-0.25, -0.2) is 4.79 Å². The van der Waals surface area contributed by atoms with Gasteiger partial charge in [-0.3, -0.25) is 0 Å². The summed E-state index contributed by atoms with van der Waals surface area (Å²) in [6.07, 6.45) is 2.03. The third-order valence-electron chi connectivity index (χ3n) is 2.19. The topological polar surface area (TPSA) is 41.1 Å². The second kappa shape index (κ2) is 6.46. The fourth-order valence-electron chi connectivity index (χ4n) is 1.43. The van der Waals surface area contributed by atoms with Gasteiger partial charge in [0.25, 0.3) is 0 Å². The predicted octanol–water partition coefficient (Wildman–Crippen LogP) is 2.30. The van der Waals surface area contributed by atoms with Crippen LogP contribution in [0.4, 0.5) is 4.79 Å². The number of nitrogens with one attached hydrogen (secondary N) is 2. The molecule has 0 aliphatic carbocycles. The highest BCUT2D eigenvalue weighted by atomic mass is 16.2. The van der Waals surface area contributed by atoms with Crippen molar-refractivity contribution in [3.05, 3.63) is 12.2 Å². The summed E-state index contributed by atoms with van der Waals surface area (Å²) in [5.41, 5.74) is 1.10. The first kappa shape index (κ1) is 13.0. The maximum absolute atomic E-state index is 11.2. The molecule has 0 aromatic heterocycles. The van der Waals surface area contributed by atoms with Crippen molar-refractivity contribution in [2.75, 3.05) is 7.05 Å². The van der Waals surface area contributed by atoms with Crippen molar-refractivity contribution in [1.82, 2.24) is 10.6 Å². The number of carbonyl (C=O) groups excluding carboxylic acids is 1. The summed E-state index contributed by atoms with van der Waals surface area (Å²) in [4.78, 5) is 11.2. The molecule has 14 heavy (non-hydrogen) atoms. The summed E-state index contributed by atoms with van der Waals surface area (Å²) in [5.74, 6) is 0.381. The molecule has 0 aromatic carbocycles. The van der Waals surface area contributed by atoms with Crippen LogP contribution in [-0.4, -0.2) is 19.1 Å². The Morgan fingerprint density at radius 1 is 1.43 bits per heavy atom. The van der Waals surface area contributed by atoms with Crippen molar-refractivity contribution in [1.29, 1.82) is 0 Å². The fourth-order valence-corrected chi connectivity index (χ4v) is 1.43. The minimum Gasteiger partial charge on any atom is -0.341 e. The summed E-state index contributed by atoms with van der Waals surface area (Å²) >= 11 is 0. The second-order valence-electron chi connectivity index (χ2n) is 3.85. The number of hydrogen-bond donors (Lipinski definition) is 2. The Kier molecular flexibility index (Phi) is 6.00. The molecule has 0 aliphatic rings. The van der Waals surface area contributed by atoms with Gasteiger partial charge >= 0.3 is 6.03 Å². The quantitative estimate of drug-likeness (QED) is 0.654. The van der Waals surface area contributed by atoms with Crippen LogP contribution in [0.25, 0.3) is 0 Å². The molecule has 2 amide bonds. The van der Waals surface area contributed by atoms with E-state index in [1.54, 1.807) is 7.05 Å². The van der Waals surface area contributed by atoms with E-state index in [4.69, 9.17) is 0 Å². The van der Waals surface area contributed by atoms with Crippen LogP contribution < -0.4 is 10.6 Å². The molecule has 0 rings (SSSR count). The largest absolute Gasteiger partial charge is 0.341 e. The molecule has 1 unspecified atom stereocenters. The zero-order valence-electron chi connectivity index (χ0n) is 9.68. The lowest BCUT2D eigenvalue weighted by Gasteiger charge is -2.24. The van der Waals surface area contributed by atoms with E-state index in [0.717, 1.165) is 18.4 Å². The SMILES string of the molecule is C=C(CCC)C(NC(=O)NC)C(C)C. The number of rotatable bonds is 5. The minimum absolute atomic E-state index is 0.0786. The molecular formula is C11H22N2O. The first-order chi connectivity index (χ1) is 6.52. The Balaban J connectivity index is 4.29. The van der Waals surface area contributed by atoms with Crippen LogP contribution in [0, 0.1) is 5.92 Å². The van der Waals surface area contributed by atoms with Crippen LogP contribution >= 0.6 is 0 Å². The van der Waals surface area contributed by atoms with Gasteiger partial charge in [-0.1, -0.05) is 39.3 Å². The molecule has 0 fully saturated rings. The molecule has 0 spiro atoms. The van der Waals surface area contributed by atoms with Crippen LogP contribution in [0.5, 0.6) is 0 Å². The van der Waals surface area contributed by atoms with Crippen molar-refractivity contribution < 1.29 is 4.79 Å². The standard InChI is InChI=1S/C11H22N2O/c1-6-7-9(4)10(8(2)3)13-11(14)12-5/h8,10H,4,6-7H2,1-3,5H3,(H2,12,13,14). The molecule has 0 heterocycles. The van der Waals surface area contributed by atoms with Crippen LogP contribution in [0.3, 0.4) is 0 Å². The van der Waals surface area contributed by atoms with Crippen LogP contribution in [0.15, 0.2) is 12.2 Å². The summed E-state index contributed by atoms with van der Waals surface area (Å²) < 4.78 is 0. The molecule has 1 atom stereocenters. The maximum Gasteiger partial charge on any atom is 0.315 e. The normalized spacial score (nSPS) is 12.4. The molecule has 0 aliphatic heterocycles. The van der Waals surface area contributed by atoms with Gasteiger partial charge in [-0.2, -0.15) is 0 Å². The molecule has 0 radical (unpaired) electrons. The van der Waals surface area contributed by atoms with Gasteiger partial charge in [0, 0.05) is 7.05 Å². The van der Waals surface area contributed by atoms with Crippen molar-refractivity contribution in [3.8, 4) is 0 Å². The van der Waals surface area contributed by atoms with Gasteiger partial charge in [-0.05, 0) is 12.3 Å². The summed E-state index contributed by atoms with van der Waals surface area (Å²) in [5, 5.41) is 5.46. The van der Waals surface area contributed by atoms with E-state index in [2.05, 4.69) is 38.0 Å². The summed E-state index contributed by atoms with van der Waals surface area (Å²) in [6, 6.07) is -0.0594. The second-order valence-corrected chi connectivity index (χ2v) is 3.85. The molecule has 82 valence electrons. The molecule has 0 aromatic rings.